The number of ether oxygens (including phenoxy) is 4. The lowest BCUT2D eigenvalue weighted by Gasteiger charge is -2.23. The molecule has 1 N–H and O–H groups in total. The Bertz CT molecular complexity index is 864. The Hall–Kier alpha value is -3.48. The van der Waals surface area contributed by atoms with E-state index < -0.39 is 24.2 Å². The van der Waals surface area contributed by atoms with Gasteiger partial charge in [0.05, 0.1) is 14.2 Å². The summed E-state index contributed by atoms with van der Waals surface area (Å²) in [5, 5.41) is 2.66. The van der Waals surface area contributed by atoms with Crippen molar-refractivity contribution in [2.24, 2.45) is 0 Å². The van der Waals surface area contributed by atoms with Gasteiger partial charge in [-0.15, -0.1) is 0 Å². The zero-order valence-electron chi connectivity index (χ0n) is 15.6. The number of nitrogens with one attached hydrogen (secondary N) is 1. The summed E-state index contributed by atoms with van der Waals surface area (Å²) in [4.78, 5) is 23.9. The number of cyclic esters (lactones) is 1. The van der Waals surface area contributed by atoms with E-state index in [4.69, 9.17) is 18.9 Å². The topological polar surface area (TPSA) is 83.1 Å². The molecule has 1 aliphatic heterocycles. The highest BCUT2D eigenvalue weighted by molar-refractivity contribution is 5.87. The maximum absolute atomic E-state index is 12.4. The van der Waals surface area contributed by atoms with Gasteiger partial charge in [-0.1, -0.05) is 36.4 Å². The minimum absolute atomic E-state index is 0.0908. The lowest BCUT2D eigenvalue weighted by Crippen LogP contribution is -2.35. The van der Waals surface area contributed by atoms with Crippen LogP contribution in [0.5, 0.6) is 11.5 Å². The average molecular weight is 383 g/mol. The van der Waals surface area contributed by atoms with E-state index in [-0.39, 0.29) is 6.61 Å². The summed E-state index contributed by atoms with van der Waals surface area (Å²) in [6, 6.07) is 14.1. The quantitative estimate of drug-likeness (QED) is 0.584. The first kappa shape index (κ1) is 19.3. The third-order valence-corrected chi connectivity index (χ3v) is 4.25. The summed E-state index contributed by atoms with van der Waals surface area (Å²) in [5.41, 5.74) is 1.52. The van der Waals surface area contributed by atoms with Gasteiger partial charge >= 0.3 is 12.1 Å². The number of carbonyl (C=O) groups is 2. The molecule has 7 nitrogen and oxygen atoms in total. The SMILES string of the molecule is COc1ccc([C@@H](OC(=O)/C=C/c2ccccc2)[C@H]2COC(=O)N2)cc1OC. The van der Waals surface area contributed by atoms with Gasteiger partial charge in [-0.25, -0.2) is 9.59 Å². The second-order valence-corrected chi connectivity index (χ2v) is 6.07. The van der Waals surface area contributed by atoms with Crippen LogP contribution in [0.15, 0.2) is 54.6 Å². The summed E-state index contributed by atoms with van der Waals surface area (Å²) >= 11 is 0. The van der Waals surface area contributed by atoms with E-state index in [1.807, 2.05) is 30.3 Å². The van der Waals surface area contributed by atoms with Crippen LogP contribution in [0, 0.1) is 0 Å². The van der Waals surface area contributed by atoms with Crippen molar-refractivity contribution in [3.8, 4) is 11.5 Å². The van der Waals surface area contributed by atoms with Crippen molar-refractivity contribution in [1.82, 2.24) is 5.32 Å². The largest absolute Gasteiger partial charge is 0.493 e. The second-order valence-electron chi connectivity index (χ2n) is 6.07. The predicted octanol–water partition coefficient (Wildman–Crippen LogP) is 3.11. The zero-order valence-corrected chi connectivity index (χ0v) is 15.6. The van der Waals surface area contributed by atoms with Gasteiger partial charge in [-0.2, -0.15) is 0 Å². The van der Waals surface area contributed by atoms with Gasteiger partial charge in [0.2, 0.25) is 0 Å². The van der Waals surface area contributed by atoms with Crippen LogP contribution in [0.1, 0.15) is 17.2 Å². The van der Waals surface area contributed by atoms with Crippen LogP contribution in [-0.4, -0.2) is 38.9 Å². The highest BCUT2D eigenvalue weighted by Crippen LogP contribution is 2.33. The Morgan fingerprint density at radius 3 is 2.54 bits per heavy atom. The van der Waals surface area contributed by atoms with E-state index in [1.165, 1.54) is 20.3 Å². The molecule has 1 heterocycles. The predicted molar refractivity (Wildman–Crippen MR) is 102 cm³/mol. The summed E-state index contributed by atoms with van der Waals surface area (Å²) < 4.78 is 21.2. The van der Waals surface area contributed by atoms with E-state index in [0.29, 0.717) is 17.1 Å². The molecule has 0 radical (unpaired) electrons. The Morgan fingerprint density at radius 1 is 1.14 bits per heavy atom. The van der Waals surface area contributed by atoms with Crippen LogP contribution >= 0.6 is 0 Å². The van der Waals surface area contributed by atoms with Crippen molar-refractivity contribution in [2.75, 3.05) is 20.8 Å². The molecule has 0 spiro atoms. The highest BCUT2D eigenvalue weighted by atomic mass is 16.6. The van der Waals surface area contributed by atoms with Gasteiger partial charge in [-0.3, -0.25) is 0 Å². The van der Waals surface area contributed by atoms with Crippen LogP contribution in [-0.2, 0) is 14.3 Å². The number of amides is 1. The molecule has 1 saturated heterocycles. The van der Waals surface area contributed by atoms with Gasteiger partial charge in [0.1, 0.15) is 12.6 Å². The highest BCUT2D eigenvalue weighted by Gasteiger charge is 2.34. The molecule has 0 aliphatic carbocycles. The molecule has 2 aromatic carbocycles. The molecule has 3 rings (SSSR count). The molecule has 146 valence electrons. The second kappa shape index (κ2) is 8.94. The number of rotatable bonds is 7. The molecule has 1 amide bonds. The summed E-state index contributed by atoms with van der Waals surface area (Å²) in [6.45, 7) is 0.0908. The zero-order chi connectivity index (χ0) is 19.9. The van der Waals surface area contributed by atoms with Gasteiger partial charge in [0, 0.05) is 6.08 Å². The minimum atomic E-state index is -0.751. The van der Waals surface area contributed by atoms with Gasteiger partial charge in [0.25, 0.3) is 0 Å². The molecule has 7 heteroatoms. The van der Waals surface area contributed by atoms with Gasteiger partial charge in [-0.05, 0) is 29.3 Å². The average Bonchev–Trinajstić information content (AvgIpc) is 3.16. The number of hydrogen-bond donors (Lipinski definition) is 1. The Labute approximate surface area is 162 Å². The molecule has 2 aromatic rings. The van der Waals surface area contributed by atoms with Crippen LogP contribution < -0.4 is 14.8 Å². The smallest absolute Gasteiger partial charge is 0.407 e. The lowest BCUT2D eigenvalue weighted by atomic mass is 10.0. The first-order valence-corrected chi connectivity index (χ1v) is 8.69. The molecule has 28 heavy (non-hydrogen) atoms. The fourth-order valence-corrected chi connectivity index (χ4v) is 2.87. The van der Waals surface area contributed by atoms with Gasteiger partial charge in [0.15, 0.2) is 17.6 Å². The number of methoxy groups -OCH3 is 2. The molecule has 0 bridgehead atoms. The maximum Gasteiger partial charge on any atom is 0.407 e. The Kier molecular flexibility index (Phi) is 6.16. The summed E-state index contributed by atoms with van der Waals surface area (Å²) in [7, 11) is 3.06. The monoisotopic (exact) mass is 383 g/mol. The van der Waals surface area contributed by atoms with E-state index in [1.54, 1.807) is 24.3 Å². The van der Waals surface area contributed by atoms with Crippen molar-refractivity contribution < 1.29 is 28.5 Å². The molecule has 0 saturated carbocycles. The van der Waals surface area contributed by atoms with E-state index in [9.17, 15) is 9.59 Å². The number of carbonyl (C=O) groups excluding carboxylic acids is 2. The van der Waals surface area contributed by atoms with Crippen molar-refractivity contribution in [3.05, 3.63) is 65.7 Å². The van der Waals surface area contributed by atoms with Crippen molar-refractivity contribution in [1.29, 1.82) is 0 Å². The number of esters is 1. The van der Waals surface area contributed by atoms with E-state index >= 15 is 0 Å². The number of hydrogen-bond acceptors (Lipinski definition) is 6. The van der Waals surface area contributed by atoms with Crippen molar-refractivity contribution >= 4 is 18.1 Å². The van der Waals surface area contributed by atoms with Crippen molar-refractivity contribution in [2.45, 2.75) is 12.1 Å². The molecular weight excluding hydrogens is 362 g/mol. The first-order valence-electron chi connectivity index (χ1n) is 8.69. The molecule has 1 fully saturated rings. The number of alkyl carbamates (subject to hydrolysis) is 1. The molecule has 0 unspecified atom stereocenters. The van der Waals surface area contributed by atoms with Gasteiger partial charge < -0.3 is 24.3 Å². The first-order chi connectivity index (χ1) is 13.6. The minimum Gasteiger partial charge on any atom is -0.493 e. The van der Waals surface area contributed by atoms with Crippen LogP contribution in [0.4, 0.5) is 4.79 Å². The lowest BCUT2D eigenvalue weighted by molar-refractivity contribution is -0.144. The molecule has 2 atom stereocenters. The number of benzene rings is 2. The van der Waals surface area contributed by atoms with Crippen LogP contribution in [0.25, 0.3) is 6.08 Å². The molecular formula is C21H21NO6. The fraction of sp³-hybridized carbons (Fsp3) is 0.238. The van der Waals surface area contributed by atoms with E-state index in [2.05, 4.69) is 5.32 Å². The Balaban J connectivity index is 1.82. The maximum atomic E-state index is 12.4. The Morgan fingerprint density at radius 2 is 1.89 bits per heavy atom. The van der Waals surface area contributed by atoms with Crippen LogP contribution in [0.2, 0.25) is 0 Å². The summed E-state index contributed by atoms with van der Waals surface area (Å²) in [5.74, 6) is 0.503. The van der Waals surface area contributed by atoms with Crippen molar-refractivity contribution in [3.63, 3.8) is 0 Å². The molecule has 1 aliphatic rings. The third kappa shape index (κ3) is 4.62. The van der Waals surface area contributed by atoms with E-state index in [0.717, 1.165) is 5.56 Å². The molecule has 0 aromatic heterocycles. The standard InChI is InChI=1S/C21H21NO6/c1-25-17-10-9-15(12-18(17)26-2)20(16-13-27-21(24)22-16)28-19(23)11-8-14-6-4-3-5-7-14/h3-12,16,20H,13H2,1-2H3,(H,22,24)/b11-8+/t16-,20-/m1/s1. The van der Waals surface area contributed by atoms with Crippen LogP contribution in [0.3, 0.4) is 0 Å². The fourth-order valence-electron chi connectivity index (χ4n) is 2.87. The normalized spacial score (nSPS) is 16.9. The third-order valence-electron chi connectivity index (χ3n) is 4.25. The summed E-state index contributed by atoms with van der Waals surface area (Å²) in [6.07, 6.45) is 1.71.